The first-order valence-electron chi connectivity index (χ1n) is 9.52. The molecule has 1 N–H and O–H groups in total. The predicted molar refractivity (Wildman–Crippen MR) is 111 cm³/mol. The first-order chi connectivity index (χ1) is 13.9. The number of nitrogens with zero attached hydrogens (tertiary/aromatic N) is 1. The van der Waals surface area contributed by atoms with Gasteiger partial charge in [-0.05, 0) is 49.4 Å². The van der Waals surface area contributed by atoms with Crippen LogP contribution in [0.3, 0.4) is 0 Å². The van der Waals surface area contributed by atoms with E-state index in [1.165, 1.54) is 16.2 Å². The molecule has 0 aliphatic carbocycles. The molecule has 6 nitrogen and oxygen atoms in total. The minimum absolute atomic E-state index is 0.0981. The summed E-state index contributed by atoms with van der Waals surface area (Å²) in [5.74, 6) is -0.741. The molecule has 0 saturated carbocycles. The number of aliphatic hydroxyl groups excluding tert-OH is 1. The van der Waals surface area contributed by atoms with Gasteiger partial charge in [0.25, 0.3) is 5.91 Å². The summed E-state index contributed by atoms with van der Waals surface area (Å²) < 4.78 is 10.9. The Kier molecular flexibility index (Phi) is 6.71. The van der Waals surface area contributed by atoms with Gasteiger partial charge in [-0.2, -0.15) is 0 Å². The first kappa shape index (κ1) is 21.1. The Bertz CT molecular complexity index is 904. The van der Waals surface area contributed by atoms with Gasteiger partial charge in [0.1, 0.15) is 5.75 Å². The van der Waals surface area contributed by atoms with Crippen LogP contribution in [0.25, 0.3) is 0 Å². The number of amides is 1. The van der Waals surface area contributed by atoms with Crippen molar-refractivity contribution in [2.24, 2.45) is 0 Å². The van der Waals surface area contributed by atoms with E-state index in [0.29, 0.717) is 35.8 Å². The highest BCUT2D eigenvalue weighted by molar-refractivity contribution is 7.12. The number of thiophene rings is 1. The number of carbonyl (C=O) groups is 2. The molecule has 7 heteroatoms. The van der Waals surface area contributed by atoms with Gasteiger partial charge in [-0.25, -0.2) is 0 Å². The highest BCUT2D eigenvalue weighted by atomic mass is 32.1. The molecule has 2 aromatic rings. The van der Waals surface area contributed by atoms with Crippen molar-refractivity contribution >= 4 is 23.0 Å². The number of rotatable bonds is 9. The summed E-state index contributed by atoms with van der Waals surface area (Å²) in [6, 6.07) is 10.0. The van der Waals surface area contributed by atoms with Crippen LogP contribution in [0.15, 0.2) is 53.1 Å². The number of hydrogen-bond donors (Lipinski definition) is 1. The van der Waals surface area contributed by atoms with Crippen molar-refractivity contribution in [3.05, 3.63) is 63.6 Å². The van der Waals surface area contributed by atoms with Crippen LogP contribution in [0.5, 0.6) is 5.75 Å². The summed E-state index contributed by atoms with van der Waals surface area (Å²) in [6.07, 6.45) is 0.693. The maximum atomic E-state index is 13.1. The molecule has 1 aliphatic rings. The van der Waals surface area contributed by atoms with Crippen LogP contribution in [0.4, 0.5) is 0 Å². The Morgan fingerprint density at radius 1 is 1.28 bits per heavy atom. The summed E-state index contributed by atoms with van der Waals surface area (Å²) in [6.45, 7) is 4.75. The zero-order valence-electron chi connectivity index (χ0n) is 16.8. The highest BCUT2D eigenvalue weighted by Crippen LogP contribution is 2.40. The molecule has 154 valence electrons. The van der Waals surface area contributed by atoms with Crippen LogP contribution < -0.4 is 4.74 Å². The topological polar surface area (TPSA) is 76.1 Å². The van der Waals surface area contributed by atoms with Crippen LogP contribution in [0, 0.1) is 0 Å². The van der Waals surface area contributed by atoms with Gasteiger partial charge in [0.2, 0.25) is 5.78 Å². The van der Waals surface area contributed by atoms with Crippen molar-refractivity contribution in [3.63, 3.8) is 0 Å². The molecule has 1 aliphatic heterocycles. The summed E-state index contributed by atoms with van der Waals surface area (Å²) in [5.41, 5.74) is 0.821. The van der Waals surface area contributed by atoms with Crippen molar-refractivity contribution in [3.8, 4) is 5.75 Å². The van der Waals surface area contributed by atoms with Crippen LogP contribution >= 0.6 is 11.3 Å². The molecule has 1 unspecified atom stereocenters. The largest absolute Gasteiger partial charge is 0.503 e. The lowest BCUT2D eigenvalue weighted by Gasteiger charge is -2.27. The number of Topliss-reactive ketones (excluding diaryl/α,β-unsaturated/α-hetero) is 1. The summed E-state index contributed by atoms with van der Waals surface area (Å²) in [4.78, 5) is 28.0. The number of ether oxygens (including phenoxy) is 2. The molecule has 0 spiro atoms. The Balaban J connectivity index is 1.96. The van der Waals surface area contributed by atoms with E-state index in [9.17, 15) is 14.7 Å². The number of methoxy groups -OCH3 is 1. The van der Waals surface area contributed by atoms with Crippen LogP contribution in [-0.2, 0) is 9.53 Å². The van der Waals surface area contributed by atoms with E-state index in [1.807, 2.05) is 19.9 Å². The molecular weight excluding hydrogens is 390 g/mol. The van der Waals surface area contributed by atoms with Gasteiger partial charge in [0, 0.05) is 13.2 Å². The van der Waals surface area contributed by atoms with Crippen LogP contribution in [0.2, 0.25) is 0 Å². The fourth-order valence-electron chi connectivity index (χ4n) is 3.37. The lowest BCUT2D eigenvalue weighted by Crippen LogP contribution is -2.32. The van der Waals surface area contributed by atoms with Crippen molar-refractivity contribution in [1.29, 1.82) is 0 Å². The molecule has 1 amide bonds. The molecule has 3 rings (SSSR count). The van der Waals surface area contributed by atoms with Gasteiger partial charge in [-0.1, -0.05) is 18.2 Å². The second-order valence-electron chi connectivity index (χ2n) is 7.02. The van der Waals surface area contributed by atoms with E-state index >= 15 is 0 Å². The normalized spacial score (nSPS) is 16.8. The number of carbonyl (C=O) groups excluding carboxylic acids is 2. The van der Waals surface area contributed by atoms with Gasteiger partial charge < -0.3 is 19.5 Å². The molecule has 1 aromatic carbocycles. The Labute approximate surface area is 174 Å². The van der Waals surface area contributed by atoms with E-state index in [-0.39, 0.29) is 17.5 Å². The van der Waals surface area contributed by atoms with Crippen LogP contribution in [0.1, 0.15) is 41.5 Å². The minimum Gasteiger partial charge on any atom is -0.503 e. The minimum atomic E-state index is -0.675. The van der Waals surface area contributed by atoms with Crippen molar-refractivity contribution in [2.75, 3.05) is 20.3 Å². The zero-order valence-corrected chi connectivity index (χ0v) is 17.6. The van der Waals surface area contributed by atoms with Crippen molar-refractivity contribution < 1.29 is 24.2 Å². The smallest absolute Gasteiger partial charge is 0.290 e. The lowest BCUT2D eigenvalue weighted by atomic mass is 9.95. The van der Waals surface area contributed by atoms with E-state index in [1.54, 1.807) is 42.8 Å². The molecule has 0 bridgehead atoms. The maximum absolute atomic E-state index is 13.1. The molecule has 29 heavy (non-hydrogen) atoms. The maximum Gasteiger partial charge on any atom is 0.290 e. The number of aliphatic hydroxyl groups is 1. The van der Waals surface area contributed by atoms with Gasteiger partial charge in [-0.3, -0.25) is 9.59 Å². The van der Waals surface area contributed by atoms with Crippen molar-refractivity contribution in [2.45, 2.75) is 32.4 Å². The van der Waals surface area contributed by atoms with Crippen LogP contribution in [-0.4, -0.2) is 48.1 Å². The lowest BCUT2D eigenvalue weighted by molar-refractivity contribution is -0.129. The fraction of sp³-hybridized carbons (Fsp3) is 0.364. The summed E-state index contributed by atoms with van der Waals surface area (Å²) in [5, 5.41) is 12.4. The van der Waals surface area contributed by atoms with E-state index in [2.05, 4.69) is 0 Å². The van der Waals surface area contributed by atoms with Gasteiger partial charge in [-0.15, -0.1) is 11.3 Å². The Morgan fingerprint density at radius 2 is 2.07 bits per heavy atom. The Morgan fingerprint density at radius 3 is 2.72 bits per heavy atom. The first-order valence-corrected chi connectivity index (χ1v) is 10.4. The SMILES string of the molecule is COc1cccc(C2C(C(=O)c3cccs3)=C(O)C(=O)N2CCCOC(C)C)c1. The molecule has 0 radical (unpaired) electrons. The summed E-state index contributed by atoms with van der Waals surface area (Å²) >= 11 is 1.28. The monoisotopic (exact) mass is 415 g/mol. The van der Waals surface area contributed by atoms with E-state index in [0.717, 1.165) is 0 Å². The summed E-state index contributed by atoms with van der Waals surface area (Å²) in [7, 11) is 1.56. The molecule has 0 fully saturated rings. The van der Waals surface area contributed by atoms with Gasteiger partial charge >= 0.3 is 0 Å². The zero-order chi connectivity index (χ0) is 21.0. The predicted octanol–water partition coefficient (Wildman–Crippen LogP) is 4.15. The standard InChI is InChI=1S/C22H25NO5S/c1-14(2)28-11-6-10-23-19(15-7-4-8-16(13-15)27-3)18(21(25)22(23)26)20(24)17-9-5-12-29-17/h4-5,7-9,12-14,19,25H,6,10-11H2,1-3H3. The molecule has 1 atom stereocenters. The number of hydrogen-bond acceptors (Lipinski definition) is 6. The third kappa shape index (κ3) is 4.52. The molecule has 0 saturated heterocycles. The molecular formula is C22H25NO5S. The molecule has 1 aromatic heterocycles. The number of ketones is 1. The van der Waals surface area contributed by atoms with Crippen molar-refractivity contribution in [1.82, 2.24) is 4.90 Å². The second-order valence-corrected chi connectivity index (χ2v) is 7.97. The highest BCUT2D eigenvalue weighted by Gasteiger charge is 2.43. The fourth-order valence-corrected chi connectivity index (χ4v) is 4.05. The average molecular weight is 416 g/mol. The average Bonchev–Trinajstić information content (AvgIpc) is 3.33. The van der Waals surface area contributed by atoms with E-state index < -0.39 is 17.7 Å². The van der Waals surface area contributed by atoms with Gasteiger partial charge in [0.15, 0.2) is 5.76 Å². The quantitative estimate of drug-likeness (QED) is 0.492. The second kappa shape index (κ2) is 9.24. The third-order valence-electron chi connectivity index (χ3n) is 4.70. The number of benzene rings is 1. The van der Waals surface area contributed by atoms with Gasteiger partial charge in [0.05, 0.1) is 29.7 Å². The molecule has 2 heterocycles. The third-order valence-corrected chi connectivity index (χ3v) is 5.57. The van der Waals surface area contributed by atoms with E-state index in [4.69, 9.17) is 9.47 Å². The Hall–Kier alpha value is -2.64.